The van der Waals surface area contributed by atoms with Crippen LogP contribution < -0.4 is 5.32 Å². The highest BCUT2D eigenvalue weighted by atomic mass is 35.5. The van der Waals surface area contributed by atoms with Gasteiger partial charge < -0.3 is 15.5 Å². The van der Waals surface area contributed by atoms with Gasteiger partial charge in [-0.25, -0.2) is 4.98 Å². The van der Waals surface area contributed by atoms with Crippen LogP contribution in [-0.4, -0.2) is 33.9 Å². The van der Waals surface area contributed by atoms with Crippen LogP contribution in [0, 0.1) is 0 Å². The second kappa shape index (κ2) is 4.23. The molecule has 0 aliphatic rings. The molecule has 13 heavy (non-hydrogen) atoms. The third-order valence-corrected chi connectivity index (χ3v) is 2.56. The summed E-state index contributed by atoms with van der Waals surface area (Å²) in [5, 5.41) is 23.8. The fourth-order valence-corrected chi connectivity index (χ4v) is 1.49. The number of nitrogens with zero attached hydrogens (tertiary/aromatic N) is 1. The molecule has 0 radical (unpaired) electrons. The molecule has 6 heteroatoms. The van der Waals surface area contributed by atoms with Gasteiger partial charge in [-0.15, -0.1) is 11.3 Å². The maximum Gasteiger partial charge on any atom is 0.184 e. The first-order valence-corrected chi connectivity index (χ1v) is 4.97. The highest BCUT2D eigenvalue weighted by Gasteiger charge is 2.18. The van der Waals surface area contributed by atoms with Crippen molar-refractivity contribution in [1.82, 2.24) is 4.98 Å². The van der Waals surface area contributed by atoms with Gasteiger partial charge in [0.05, 0.1) is 6.61 Å². The minimum Gasteiger partial charge on any atom is -0.393 e. The van der Waals surface area contributed by atoms with Crippen LogP contribution >= 0.6 is 22.9 Å². The number of thiazole rings is 1. The molecule has 1 atom stereocenters. The van der Waals surface area contributed by atoms with E-state index in [-0.39, 0.29) is 13.2 Å². The maximum absolute atomic E-state index is 9.42. The third kappa shape index (κ3) is 3.48. The smallest absolute Gasteiger partial charge is 0.184 e. The summed E-state index contributed by atoms with van der Waals surface area (Å²) in [5.41, 5.74) is -1.13. The third-order valence-electron chi connectivity index (χ3n) is 1.44. The molecule has 0 saturated heterocycles. The van der Waals surface area contributed by atoms with Crippen molar-refractivity contribution < 1.29 is 10.2 Å². The molecule has 1 aromatic rings. The number of rotatable bonds is 4. The maximum atomic E-state index is 9.42. The van der Waals surface area contributed by atoms with Gasteiger partial charge in [-0.2, -0.15) is 0 Å². The number of aliphatic hydroxyl groups is 2. The number of aliphatic hydroxyl groups excluding tert-OH is 1. The molecular weight excluding hydrogens is 212 g/mol. The van der Waals surface area contributed by atoms with Crippen LogP contribution in [0.4, 0.5) is 5.13 Å². The molecule has 0 aliphatic heterocycles. The highest BCUT2D eigenvalue weighted by molar-refractivity contribution is 7.14. The molecule has 1 unspecified atom stereocenters. The van der Waals surface area contributed by atoms with E-state index in [9.17, 15) is 5.11 Å². The summed E-state index contributed by atoms with van der Waals surface area (Å²) < 4.78 is 0. The Bertz CT molecular complexity index is 277. The number of halogens is 1. The Morgan fingerprint density at radius 1 is 1.77 bits per heavy atom. The molecule has 0 bridgehead atoms. The lowest BCUT2D eigenvalue weighted by Crippen LogP contribution is -2.37. The molecule has 1 aromatic heterocycles. The van der Waals surface area contributed by atoms with Gasteiger partial charge in [-0.1, -0.05) is 11.6 Å². The first kappa shape index (κ1) is 10.7. The quantitative estimate of drug-likeness (QED) is 0.710. The SMILES string of the molecule is CC(O)(CO)CNc1nc(Cl)cs1. The van der Waals surface area contributed by atoms with E-state index in [0.29, 0.717) is 10.3 Å². The molecule has 0 aromatic carbocycles. The lowest BCUT2D eigenvalue weighted by Gasteiger charge is -2.19. The van der Waals surface area contributed by atoms with Crippen molar-refractivity contribution in [3.8, 4) is 0 Å². The molecule has 0 amide bonds. The molecule has 1 heterocycles. The summed E-state index contributed by atoms with van der Waals surface area (Å²) in [6, 6.07) is 0. The number of aromatic nitrogens is 1. The average Bonchev–Trinajstić information content (AvgIpc) is 2.48. The number of anilines is 1. The Morgan fingerprint density at radius 3 is 2.92 bits per heavy atom. The monoisotopic (exact) mass is 222 g/mol. The van der Waals surface area contributed by atoms with Crippen molar-refractivity contribution in [1.29, 1.82) is 0 Å². The van der Waals surface area contributed by atoms with Gasteiger partial charge in [-0.3, -0.25) is 0 Å². The normalized spacial score (nSPS) is 15.4. The van der Waals surface area contributed by atoms with Crippen LogP contribution in [0.2, 0.25) is 5.15 Å². The van der Waals surface area contributed by atoms with E-state index in [1.54, 1.807) is 5.38 Å². The van der Waals surface area contributed by atoms with E-state index in [1.807, 2.05) is 0 Å². The van der Waals surface area contributed by atoms with E-state index in [2.05, 4.69) is 10.3 Å². The predicted molar refractivity (Wildman–Crippen MR) is 53.3 cm³/mol. The van der Waals surface area contributed by atoms with E-state index in [4.69, 9.17) is 16.7 Å². The molecular formula is C7H11ClN2O2S. The minimum atomic E-state index is -1.13. The molecule has 3 N–H and O–H groups in total. The van der Waals surface area contributed by atoms with Gasteiger partial charge in [0.25, 0.3) is 0 Å². The molecule has 4 nitrogen and oxygen atoms in total. The fourth-order valence-electron chi connectivity index (χ4n) is 0.657. The van der Waals surface area contributed by atoms with Crippen LogP contribution in [0.3, 0.4) is 0 Å². The highest BCUT2D eigenvalue weighted by Crippen LogP contribution is 2.19. The van der Waals surface area contributed by atoms with Crippen molar-refractivity contribution in [3.63, 3.8) is 0 Å². The number of hydrogen-bond donors (Lipinski definition) is 3. The largest absolute Gasteiger partial charge is 0.393 e. The number of hydrogen-bond acceptors (Lipinski definition) is 5. The van der Waals surface area contributed by atoms with Crippen LogP contribution in [0.1, 0.15) is 6.92 Å². The van der Waals surface area contributed by atoms with E-state index < -0.39 is 5.60 Å². The van der Waals surface area contributed by atoms with Crippen LogP contribution in [0.15, 0.2) is 5.38 Å². The summed E-state index contributed by atoms with van der Waals surface area (Å²) in [4.78, 5) is 3.93. The van der Waals surface area contributed by atoms with Gasteiger partial charge in [0, 0.05) is 11.9 Å². The summed E-state index contributed by atoms with van der Waals surface area (Å²) in [5.74, 6) is 0. The van der Waals surface area contributed by atoms with Crippen molar-refractivity contribution in [2.75, 3.05) is 18.5 Å². The molecule has 0 saturated carbocycles. The molecule has 0 spiro atoms. The van der Waals surface area contributed by atoms with E-state index in [1.165, 1.54) is 18.3 Å². The van der Waals surface area contributed by atoms with Gasteiger partial charge in [-0.05, 0) is 6.92 Å². The lowest BCUT2D eigenvalue weighted by atomic mass is 10.1. The number of nitrogens with one attached hydrogen (secondary N) is 1. The van der Waals surface area contributed by atoms with Crippen LogP contribution in [0.25, 0.3) is 0 Å². The summed E-state index contributed by atoms with van der Waals surface area (Å²) >= 11 is 6.95. The Balaban J connectivity index is 2.43. The standard InChI is InChI=1S/C7H11ClN2O2S/c1-7(12,4-11)3-9-6-10-5(8)2-13-6/h2,11-12H,3-4H2,1H3,(H,9,10). The zero-order valence-corrected chi connectivity index (χ0v) is 8.69. The van der Waals surface area contributed by atoms with E-state index in [0.717, 1.165) is 0 Å². The van der Waals surface area contributed by atoms with Crippen LogP contribution in [-0.2, 0) is 0 Å². The zero-order valence-electron chi connectivity index (χ0n) is 7.12. The molecule has 1 rings (SSSR count). The van der Waals surface area contributed by atoms with Crippen LogP contribution in [0.5, 0.6) is 0 Å². The minimum absolute atomic E-state index is 0.243. The Kier molecular flexibility index (Phi) is 3.49. The van der Waals surface area contributed by atoms with Gasteiger partial charge in [0.1, 0.15) is 10.8 Å². The first-order chi connectivity index (χ1) is 6.03. The van der Waals surface area contributed by atoms with Gasteiger partial charge in [0.2, 0.25) is 0 Å². The zero-order chi connectivity index (χ0) is 9.90. The van der Waals surface area contributed by atoms with Crippen molar-refractivity contribution in [2.24, 2.45) is 0 Å². The molecule has 74 valence electrons. The Labute approximate surface area is 85.2 Å². The second-order valence-corrected chi connectivity index (χ2v) is 4.23. The summed E-state index contributed by atoms with van der Waals surface area (Å²) in [6.07, 6.45) is 0. The molecule has 0 aliphatic carbocycles. The molecule has 0 fully saturated rings. The summed E-state index contributed by atoms with van der Waals surface area (Å²) in [7, 11) is 0. The van der Waals surface area contributed by atoms with E-state index >= 15 is 0 Å². The fraction of sp³-hybridized carbons (Fsp3) is 0.571. The van der Waals surface area contributed by atoms with Gasteiger partial charge >= 0.3 is 0 Å². The van der Waals surface area contributed by atoms with Crippen molar-refractivity contribution in [2.45, 2.75) is 12.5 Å². The summed E-state index contributed by atoms with van der Waals surface area (Å²) in [6.45, 7) is 1.49. The second-order valence-electron chi connectivity index (χ2n) is 2.98. The van der Waals surface area contributed by atoms with Crippen molar-refractivity contribution in [3.05, 3.63) is 10.5 Å². The Hall–Kier alpha value is -0.360. The average molecular weight is 223 g/mol. The first-order valence-electron chi connectivity index (χ1n) is 3.72. The predicted octanol–water partition coefficient (Wildman–Crippen LogP) is 0.952. The van der Waals surface area contributed by atoms with Crippen molar-refractivity contribution >= 4 is 28.1 Å². The topological polar surface area (TPSA) is 65.4 Å². The van der Waals surface area contributed by atoms with Gasteiger partial charge in [0.15, 0.2) is 5.13 Å². The lowest BCUT2D eigenvalue weighted by molar-refractivity contribution is 0.0132. The Morgan fingerprint density at radius 2 is 2.46 bits per heavy atom.